The molecule has 0 aliphatic heterocycles. The lowest BCUT2D eigenvalue weighted by molar-refractivity contribution is 0.414. The van der Waals surface area contributed by atoms with Gasteiger partial charge in [0.05, 0.1) is 13.3 Å². The van der Waals surface area contributed by atoms with Gasteiger partial charge in [0, 0.05) is 22.5 Å². The second kappa shape index (κ2) is 6.22. The van der Waals surface area contributed by atoms with Gasteiger partial charge in [-0.3, -0.25) is 9.82 Å². The highest BCUT2D eigenvalue weighted by atomic mass is 32.2. The van der Waals surface area contributed by atoms with Crippen molar-refractivity contribution in [3.8, 4) is 5.75 Å². The third-order valence-corrected chi connectivity index (χ3v) is 5.25. The van der Waals surface area contributed by atoms with E-state index in [-0.39, 0.29) is 0 Å². The minimum Gasteiger partial charge on any atom is -0.497 e. The van der Waals surface area contributed by atoms with E-state index in [1.807, 2.05) is 24.5 Å². The topological polar surface area (TPSA) is 62.8 Å². The molecule has 2 heterocycles. The highest BCUT2D eigenvalue weighted by molar-refractivity contribution is 7.97. The highest BCUT2D eigenvalue weighted by Gasteiger charge is 2.21. The average Bonchev–Trinajstić information content (AvgIpc) is 3.09. The number of nitrogens with one attached hydrogen (secondary N) is 2. The Balaban J connectivity index is 1.43. The molecule has 0 radical (unpaired) electrons. The molecule has 0 saturated carbocycles. The maximum atomic E-state index is 5.19. The molecule has 118 valence electrons. The van der Waals surface area contributed by atoms with Gasteiger partial charge in [-0.15, -0.1) is 0 Å². The summed E-state index contributed by atoms with van der Waals surface area (Å²) in [5, 5.41) is 8.22. The average molecular weight is 326 g/mol. The van der Waals surface area contributed by atoms with Gasteiger partial charge in [-0.2, -0.15) is 5.10 Å². The monoisotopic (exact) mass is 326 g/mol. The molecule has 1 atom stereocenters. The summed E-state index contributed by atoms with van der Waals surface area (Å²) in [7, 11) is 1.69. The molecule has 3 aromatic rings. The number of nitrogens with zero attached hydrogens (tertiary/aromatic N) is 2. The zero-order chi connectivity index (χ0) is 15.6. The van der Waals surface area contributed by atoms with Gasteiger partial charge in [0.25, 0.3) is 0 Å². The lowest BCUT2D eigenvalue weighted by atomic mass is 9.88. The van der Waals surface area contributed by atoms with Crippen LogP contribution in [-0.4, -0.2) is 28.3 Å². The van der Waals surface area contributed by atoms with Crippen LogP contribution in [0.3, 0.4) is 0 Å². The Kier molecular flexibility index (Phi) is 3.93. The summed E-state index contributed by atoms with van der Waals surface area (Å²) in [6, 6.07) is 8.58. The standard InChI is InChI=1S/C17H18N4OS/c1-22-13-3-5-14(6-4-13)23-21-12-2-7-15-11(8-12)9-18-17-16(15)10-19-20-17/h3-6,9-10,12,21H,2,7-8H2,1H3,(H,18,19,20). The van der Waals surface area contributed by atoms with Crippen molar-refractivity contribution in [1.29, 1.82) is 0 Å². The van der Waals surface area contributed by atoms with Crippen LogP contribution in [0, 0.1) is 0 Å². The van der Waals surface area contributed by atoms with Crippen LogP contribution >= 0.6 is 11.9 Å². The zero-order valence-electron chi connectivity index (χ0n) is 12.9. The lowest BCUT2D eigenvalue weighted by Crippen LogP contribution is -2.30. The second-order valence-corrected chi connectivity index (χ2v) is 6.64. The Morgan fingerprint density at radius 1 is 1.26 bits per heavy atom. The number of aromatic amines is 1. The molecule has 4 rings (SSSR count). The molecule has 0 bridgehead atoms. The first kappa shape index (κ1) is 14.5. The first-order chi connectivity index (χ1) is 11.3. The van der Waals surface area contributed by atoms with Gasteiger partial charge in [0.1, 0.15) is 5.75 Å². The molecule has 5 nitrogen and oxygen atoms in total. The summed E-state index contributed by atoms with van der Waals surface area (Å²) in [4.78, 5) is 5.65. The Hall–Kier alpha value is -2.05. The van der Waals surface area contributed by atoms with Gasteiger partial charge < -0.3 is 4.74 Å². The van der Waals surface area contributed by atoms with Crippen molar-refractivity contribution < 1.29 is 4.74 Å². The van der Waals surface area contributed by atoms with Crippen molar-refractivity contribution in [3.63, 3.8) is 0 Å². The first-order valence-corrected chi connectivity index (χ1v) is 8.51. The van der Waals surface area contributed by atoms with E-state index in [0.29, 0.717) is 6.04 Å². The van der Waals surface area contributed by atoms with Crippen LogP contribution in [0.25, 0.3) is 11.0 Å². The smallest absolute Gasteiger partial charge is 0.155 e. The molecule has 1 aromatic carbocycles. The third-order valence-electron chi connectivity index (χ3n) is 4.29. The van der Waals surface area contributed by atoms with Gasteiger partial charge in [-0.05, 0) is 66.6 Å². The van der Waals surface area contributed by atoms with Crippen molar-refractivity contribution in [3.05, 3.63) is 47.8 Å². The molecule has 0 amide bonds. The Morgan fingerprint density at radius 2 is 2.13 bits per heavy atom. The summed E-state index contributed by atoms with van der Waals surface area (Å²) >= 11 is 1.68. The van der Waals surface area contributed by atoms with E-state index in [1.54, 1.807) is 19.1 Å². The first-order valence-electron chi connectivity index (χ1n) is 7.70. The maximum Gasteiger partial charge on any atom is 0.155 e. The van der Waals surface area contributed by atoms with Crippen LogP contribution in [-0.2, 0) is 12.8 Å². The number of ether oxygens (including phenoxy) is 1. The van der Waals surface area contributed by atoms with Crippen LogP contribution in [0.5, 0.6) is 5.75 Å². The number of H-pyrrole nitrogens is 1. The fraction of sp³-hybridized carbons (Fsp3) is 0.294. The normalized spacial score (nSPS) is 17.2. The molecular formula is C17H18N4OS. The van der Waals surface area contributed by atoms with E-state index in [0.717, 1.165) is 30.7 Å². The molecule has 1 unspecified atom stereocenters. The quantitative estimate of drug-likeness (QED) is 0.721. The number of hydrogen-bond acceptors (Lipinski definition) is 5. The number of rotatable bonds is 4. The molecule has 0 fully saturated rings. The maximum absolute atomic E-state index is 5.19. The number of pyridine rings is 1. The molecule has 0 spiro atoms. The number of aryl methyl sites for hydroxylation is 1. The van der Waals surface area contributed by atoms with E-state index in [1.165, 1.54) is 21.4 Å². The van der Waals surface area contributed by atoms with Crippen LogP contribution in [0.1, 0.15) is 17.5 Å². The number of methoxy groups -OCH3 is 1. The minimum atomic E-state index is 0.459. The summed E-state index contributed by atoms with van der Waals surface area (Å²) in [5.74, 6) is 0.885. The summed E-state index contributed by atoms with van der Waals surface area (Å²) in [5.41, 5.74) is 3.62. The predicted molar refractivity (Wildman–Crippen MR) is 91.7 cm³/mol. The van der Waals surface area contributed by atoms with E-state index in [4.69, 9.17) is 4.74 Å². The van der Waals surface area contributed by atoms with E-state index < -0.39 is 0 Å². The summed E-state index contributed by atoms with van der Waals surface area (Å²) in [6.07, 6.45) is 7.07. The fourth-order valence-corrected chi connectivity index (χ4v) is 3.82. The molecule has 23 heavy (non-hydrogen) atoms. The molecule has 0 saturated heterocycles. The Labute approximate surface area is 139 Å². The van der Waals surface area contributed by atoms with Crippen LogP contribution in [0.4, 0.5) is 0 Å². The number of hydrogen-bond donors (Lipinski definition) is 2. The Morgan fingerprint density at radius 3 is 2.96 bits per heavy atom. The molecule has 1 aliphatic carbocycles. The van der Waals surface area contributed by atoms with Crippen molar-refractivity contribution in [2.75, 3.05) is 7.11 Å². The lowest BCUT2D eigenvalue weighted by Gasteiger charge is -2.25. The predicted octanol–water partition coefficient (Wildman–Crippen LogP) is 3.12. The molecule has 1 aliphatic rings. The van der Waals surface area contributed by atoms with Gasteiger partial charge in [0.2, 0.25) is 0 Å². The van der Waals surface area contributed by atoms with Crippen molar-refractivity contribution in [2.24, 2.45) is 0 Å². The molecular weight excluding hydrogens is 308 g/mol. The third kappa shape index (κ3) is 2.92. The Bertz CT molecular complexity index is 815. The van der Waals surface area contributed by atoms with Gasteiger partial charge in [0.15, 0.2) is 5.65 Å². The van der Waals surface area contributed by atoms with Crippen LogP contribution in [0.2, 0.25) is 0 Å². The molecule has 2 aromatic heterocycles. The van der Waals surface area contributed by atoms with Crippen molar-refractivity contribution in [1.82, 2.24) is 19.9 Å². The van der Waals surface area contributed by atoms with Crippen LogP contribution in [0.15, 0.2) is 41.6 Å². The van der Waals surface area contributed by atoms with Crippen molar-refractivity contribution >= 4 is 23.0 Å². The second-order valence-electron chi connectivity index (χ2n) is 5.73. The van der Waals surface area contributed by atoms with Crippen molar-refractivity contribution in [2.45, 2.75) is 30.2 Å². The SMILES string of the molecule is COc1ccc(SNC2CCc3c(cnc4[nH]ncc34)C2)cc1. The zero-order valence-corrected chi connectivity index (χ0v) is 13.7. The summed E-state index contributed by atoms with van der Waals surface area (Å²) < 4.78 is 8.77. The van der Waals surface area contributed by atoms with E-state index in [2.05, 4.69) is 32.0 Å². The van der Waals surface area contributed by atoms with Gasteiger partial charge in [-0.1, -0.05) is 0 Å². The molecule has 2 N–H and O–H groups in total. The number of aromatic nitrogens is 3. The van der Waals surface area contributed by atoms with Crippen LogP contribution < -0.4 is 9.46 Å². The molecule has 6 heteroatoms. The van der Waals surface area contributed by atoms with Gasteiger partial charge in [-0.25, -0.2) is 4.98 Å². The van der Waals surface area contributed by atoms with E-state index in [9.17, 15) is 0 Å². The number of fused-ring (bicyclic) bond motifs is 3. The number of benzene rings is 1. The fourth-order valence-electron chi connectivity index (χ4n) is 3.04. The minimum absolute atomic E-state index is 0.459. The highest BCUT2D eigenvalue weighted by Crippen LogP contribution is 2.28. The van der Waals surface area contributed by atoms with E-state index >= 15 is 0 Å². The van der Waals surface area contributed by atoms with Gasteiger partial charge >= 0.3 is 0 Å². The summed E-state index contributed by atoms with van der Waals surface area (Å²) in [6.45, 7) is 0. The largest absolute Gasteiger partial charge is 0.497 e.